The van der Waals surface area contributed by atoms with E-state index in [0.29, 0.717) is 5.92 Å². The first-order valence-electron chi connectivity index (χ1n) is 8.12. The topological polar surface area (TPSA) is 38.8 Å². The van der Waals surface area contributed by atoms with Crippen LogP contribution in [0.1, 0.15) is 40.9 Å². The summed E-state index contributed by atoms with van der Waals surface area (Å²) in [7, 11) is 1.76. The molecule has 1 atom stereocenters. The van der Waals surface area contributed by atoms with Gasteiger partial charge in [0.05, 0.1) is 10.5 Å². The first kappa shape index (κ1) is 16.0. The van der Waals surface area contributed by atoms with E-state index in [4.69, 9.17) is 9.47 Å². The average molecular weight is 323 g/mol. The number of thiophene rings is 1. The molecule has 22 heavy (non-hydrogen) atoms. The zero-order valence-corrected chi connectivity index (χ0v) is 14.3. The highest BCUT2D eigenvalue weighted by atomic mass is 32.1. The maximum Gasteiger partial charge on any atom is 0.264 e. The van der Waals surface area contributed by atoms with Crippen molar-refractivity contribution in [3.05, 3.63) is 21.9 Å². The summed E-state index contributed by atoms with van der Waals surface area (Å²) in [5.41, 5.74) is 1.07. The smallest absolute Gasteiger partial charge is 0.264 e. The van der Waals surface area contributed by atoms with Gasteiger partial charge in [0.25, 0.3) is 5.91 Å². The van der Waals surface area contributed by atoms with Gasteiger partial charge in [0, 0.05) is 33.4 Å². The standard InChI is InChI=1S/C17H25NO3S/c1-13-5-12-22-15(13)16(19)18-8-6-17(7-9-18)14(3-10-20-2)4-11-21-17/h5,12,14H,3-4,6-11H2,1-2H3/t14-/m0/s1. The minimum absolute atomic E-state index is 0.0141. The number of amides is 1. The van der Waals surface area contributed by atoms with Crippen molar-refractivity contribution in [3.8, 4) is 0 Å². The van der Waals surface area contributed by atoms with Gasteiger partial charge in [0.15, 0.2) is 0 Å². The van der Waals surface area contributed by atoms with Crippen LogP contribution >= 0.6 is 11.3 Å². The summed E-state index contributed by atoms with van der Waals surface area (Å²) in [6.45, 7) is 5.27. The molecule has 5 heteroatoms. The quantitative estimate of drug-likeness (QED) is 0.854. The molecule has 0 bridgehead atoms. The lowest BCUT2D eigenvalue weighted by molar-refractivity contribution is -0.0661. The molecule has 0 unspecified atom stereocenters. The van der Waals surface area contributed by atoms with Crippen molar-refractivity contribution in [1.29, 1.82) is 0 Å². The number of carbonyl (C=O) groups is 1. The van der Waals surface area contributed by atoms with E-state index < -0.39 is 0 Å². The lowest BCUT2D eigenvalue weighted by Crippen LogP contribution is -2.49. The van der Waals surface area contributed by atoms with Gasteiger partial charge < -0.3 is 14.4 Å². The molecule has 0 aromatic carbocycles. The fourth-order valence-electron chi connectivity index (χ4n) is 3.83. The van der Waals surface area contributed by atoms with Gasteiger partial charge in [-0.2, -0.15) is 0 Å². The third-order valence-electron chi connectivity index (χ3n) is 5.22. The van der Waals surface area contributed by atoms with Gasteiger partial charge in [-0.05, 0) is 55.5 Å². The van der Waals surface area contributed by atoms with Gasteiger partial charge in [-0.3, -0.25) is 4.79 Å². The molecule has 122 valence electrons. The van der Waals surface area contributed by atoms with Crippen LogP contribution in [0.5, 0.6) is 0 Å². The highest BCUT2D eigenvalue weighted by Crippen LogP contribution is 2.42. The van der Waals surface area contributed by atoms with E-state index in [1.807, 2.05) is 23.3 Å². The van der Waals surface area contributed by atoms with Crippen LogP contribution in [0.25, 0.3) is 0 Å². The van der Waals surface area contributed by atoms with Crippen LogP contribution in [0.15, 0.2) is 11.4 Å². The molecule has 0 N–H and O–H groups in total. The number of hydrogen-bond donors (Lipinski definition) is 0. The van der Waals surface area contributed by atoms with Gasteiger partial charge in [-0.1, -0.05) is 0 Å². The SMILES string of the molecule is COCC[C@H]1CCOC12CCN(C(=O)c1sccc1C)CC2. The van der Waals surface area contributed by atoms with Crippen molar-refractivity contribution >= 4 is 17.2 Å². The normalized spacial score (nSPS) is 24.1. The zero-order valence-electron chi connectivity index (χ0n) is 13.5. The molecule has 0 radical (unpaired) electrons. The summed E-state index contributed by atoms with van der Waals surface area (Å²) in [6.07, 6.45) is 4.10. The Morgan fingerprint density at radius 1 is 1.50 bits per heavy atom. The minimum atomic E-state index is -0.0141. The third kappa shape index (κ3) is 2.94. The van der Waals surface area contributed by atoms with Crippen molar-refractivity contribution in [2.24, 2.45) is 5.92 Å². The maximum atomic E-state index is 12.6. The fraction of sp³-hybridized carbons (Fsp3) is 0.706. The summed E-state index contributed by atoms with van der Waals surface area (Å²) >= 11 is 1.55. The second kappa shape index (κ2) is 6.69. The summed E-state index contributed by atoms with van der Waals surface area (Å²) in [5.74, 6) is 0.766. The first-order valence-corrected chi connectivity index (χ1v) is 9.00. The highest BCUT2D eigenvalue weighted by molar-refractivity contribution is 7.12. The number of piperidine rings is 1. The van der Waals surface area contributed by atoms with Crippen LogP contribution < -0.4 is 0 Å². The van der Waals surface area contributed by atoms with Gasteiger partial charge in [0.2, 0.25) is 0 Å². The Balaban J connectivity index is 1.62. The molecule has 0 aliphatic carbocycles. The van der Waals surface area contributed by atoms with Gasteiger partial charge in [-0.15, -0.1) is 11.3 Å². The van der Waals surface area contributed by atoms with E-state index in [0.717, 1.165) is 62.4 Å². The molecule has 3 rings (SSSR count). The Morgan fingerprint density at radius 3 is 2.91 bits per heavy atom. The predicted molar refractivity (Wildman–Crippen MR) is 87.5 cm³/mol. The molecule has 3 heterocycles. The van der Waals surface area contributed by atoms with E-state index in [2.05, 4.69) is 0 Å². The van der Waals surface area contributed by atoms with Crippen LogP contribution in [0.2, 0.25) is 0 Å². The Labute approximate surface area is 136 Å². The van der Waals surface area contributed by atoms with E-state index in [9.17, 15) is 4.79 Å². The molecule has 1 aromatic rings. The van der Waals surface area contributed by atoms with Crippen molar-refractivity contribution < 1.29 is 14.3 Å². The van der Waals surface area contributed by atoms with Crippen LogP contribution in [-0.2, 0) is 9.47 Å². The van der Waals surface area contributed by atoms with Crippen molar-refractivity contribution in [2.75, 3.05) is 33.4 Å². The largest absolute Gasteiger partial charge is 0.385 e. The number of nitrogens with zero attached hydrogens (tertiary/aromatic N) is 1. The average Bonchev–Trinajstić information content (AvgIpc) is 3.12. The van der Waals surface area contributed by atoms with E-state index >= 15 is 0 Å². The third-order valence-corrected chi connectivity index (χ3v) is 6.23. The fourth-order valence-corrected chi connectivity index (χ4v) is 4.72. The second-order valence-electron chi connectivity index (χ2n) is 6.41. The Kier molecular flexibility index (Phi) is 4.85. The number of ether oxygens (including phenoxy) is 2. The Bertz CT molecular complexity index is 520. The van der Waals surface area contributed by atoms with Gasteiger partial charge in [-0.25, -0.2) is 0 Å². The van der Waals surface area contributed by atoms with Crippen LogP contribution in [0.3, 0.4) is 0 Å². The molecule has 0 saturated carbocycles. The molecular weight excluding hydrogens is 298 g/mol. The Hall–Kier alpha value is -0.910. The van der Waals surface area contributed by atoms with Crippen LogP contribution in [0, 0.1) is 12.8 Å². The zero-order chi connectivity index (χ0) is 15.6. The molecule has 1 aromatic heterocycles. The van der Waals surface area contributed by atoms with E-state index in [1.165, 1.54) is 0 Å². The highest BCUT2D eigenvalue weighted by Gasteiger charge is 2.46. The van der Waals surface area contributed by atoms with Crippen LogP contribution in [0.4, 0.5) is 0 Å². The van der Waals surface area contributed by atoms with Crippen molar-refractivity contribution in [3.63, 3.8) is 0 Å². The molecule has 4 nitrogen and oxygen atoms in total. The van der Waals surface area contributed by atoms with Crippen LogP contribution in [-0.4, -0.2) is 49.8 Å². The summed E-state index contributed by atoms with van der Waals surface area (Å²) in [6, 6.07) is 2.02. The molecule has 2 saturated heterocycles. The summed E-state index contributed by atoms with van der Waals surface area (Å²) in [4.78, 5) is 15.5. The minimum Gasteiger partial charge on any atom is -0.385 e. The molecule has 2 aliphatic rings. The van der Waals surface area contributed by atoms with Crippen molar-refractivity contribution in [1.82, 2.24) is 4.90 Å². The van der Waals surface area contributed by atoms with Gasteiger partial charge in [0.1, 0.15) is 0 Å². The summed E-state index contributed by atoms with van der Waals surface area (Å²) < 4.78 is 11.4. The first-order chi connectivity index (χ1) is 10.7. The molecule has 2 fully saturated rings. The van der Waals surface area contributed by atoms with E-state index in [1.54, 1.807) is 18.4 Å². The van der Waals surface area contributed by atoms with Crippen molar-refractivity contribution in [2.45, 2.75) is 38.2 Å². The molecule has 2 aliphatic heterocycles. The Morgan fingerprint density at radius 2 is 2.27 bits per heavy atom. The lowest BCUT2D eigenvalue weighted by atomic mass is 9.78. The lowest BCUT2D eigenvalue weighted by Gasteiger charge is -2.42. The molecule has 1 amide bonds. The molecular formula is C17H25NO3S. The summed E-state index contributed by atoms with van der Waals surface area (Å²) in [5, 5.41) is 1.99. The molecule has 1 spiro atoms. The predicted octanol–water partition coefficient (Wildman–Crippen LogP) is 3.10. The second-order valence-corrected chi connectivity index (χ2v) is 7.32. The number of likely N-dealkylation sites (tertiary alicyclic amines) is 1. The number of aryl methyl sites for hydroxylation is 1. The van der Waals surface area contributed by atoms with Gasteiger partial charge >= 0.3 is 0 Å². The van der Waals surface area contributed by atoms with E-state index in [-0.39, 0.29) is 11.5 Å². The number of carbonyl (C=O) groups excluding carboxylic acids is 1. The number of methoxy groups -OCH3 is 1. The number of rotatable bonds is 4. The maximum absolute atomic E-state index is 12.6. The number of hydrogen-bond acceptors (Lipinski definition) is 4. The monoisotopic (exact) mass is 323 g/mol.